The van der Waals surface area contributed by atoms with Crippen LogP contribution in [-0.4, -0.2) is 29.8 Å². The number of hydrogen-bond donors (Lipinski definition) is 0. The number of aromatic nitrogens is 5. The maximum absolute atomic E-state index is 12.6. The van der Waals surface area contributed by atoms with Gasteiger partial charge < -0.3 is 4.57 Å². The maximum atomic E-state index is 12.6. The van der Waals surface area contributed by atoms with Crippen LogP contribution in [-0.2, 0) is 20.6 Å². The largest absolute Gasteiger partial charge is 0.317 e. The predicted octanol–water partition coefficient (Wildman–Crippen LogP) is 0.465. The van der Waals surface area contributed by atoms with Crippen LogP contribution >= 0.6 is 0 Å². The Morgan fingerprint density at radius 1 is 1.13 bits per heavy atom. The van der Waals surface area contributed by atoms with Gasteiger partial charge in [-0.15, -0.1) is 0 Å². The number of carbonyl (C=O) groups is 1. The summed E-state index contributed by atoms with van der Waals surface area (Å²) in [5.41, 5.74) is 1.80. The van der Waals surface area contributed by atoms with Crippen molar-refractivity contribution in [1.82, 2.24) is 23.9 Å². The molecule has 116 valence electrons. The number of pyridine rings is 1. The minimum absolute atomic E-state index is 0.115. The fourth-order valence-electron chi connectivity index (χ4n) is 2.80. The zero-order valence-corrected chi connectivity index (χ0v) is 12.7. The summed E-state index contributed by atoms with van der Waals surface area (Å²) in [5.74, 6) is 0.674. The molecule has 0 atom stereocenters. The Bertz CT molecular complexity index is 980. The number of carbonyl (C=O) groups excluding carboxylic acids is 1. The average molecular weight is 310 g/mol. The Balaban J connectivity index is 1.77. The lowest BCUT2D eigenvalue weighted by Crippen LogP contribution is -2.26. The van der Waals surface area contributed by atoms with Crippen molar-refractivity contribution >= 4 is 11.6 Å². The standard InChI is InChI=1S/C15H14N6O2/c1-18-7-10(3-4-13(18)22)20-8-11-14(15(20)23)16-9-21(11)12-5-6-17-19(12)2/h3-7,9H,8H2,1-2H3. The second kappa shape index (κ2) is 4.67. The van der Waals surface area contributed by atoms with E-state index in [0.29, 0.717) is 17.9 Å². The van der Waals surface area contributed by atoms with Crippen molar-refractivity contribution in [2.45, 2.75) is 6.54 Å². The highest BCUT2D eigenvalue weighted by molar-refractivity contribution is 6.08. The van der Waals surface area contributed by atoms with E-state index in [1.54, 1.807) is 41.4 Å². The summed E-state index contributed by atoms with van der Waals surface area (Å²) in [5, 5.41) is 4.15. The van der Waals surface area contributed by atoms with Gasteiger partial charge in [-0.2, -0.15) is 5.10 Å². The van der Waals surface area contributed by atoms with E-state index in [2.05, 4.69) is 10.1 Å². The summed E-state index contributed by atoms with van der Waals surface area (Å²) in [6.07, 6.45) is 4.99. The number of aryl methyl sites for hydroxylation is 2. The normalized spacial score (nSPS) is 13.7. The second-order valence-corrected chi connectivity index (χ2v) is 5.45. The van der Waals surface area contributed by atoms with Crippen molar-refractivity contribution < 1.29 is 4.79 Å². The van der Waals surface area contributed by atoms with Crippen molar-refractivity contribution in [2.24, 2.45) is 14.1 Å². The number of hydrogen-bond acceptors (Lipinski definition) is 4. The third-order valence-electron chi connectivity index (χ3n) is 4.05. The van der Waals surface area contributed by atoms with Crippen molar-refractivity contribution in [3.63, 3.8) is 0 Å². The molecule has 8 heteroatoms. The van der Waals surface area contributed by atoms with Crippen LogP contribution in [0.3, 0.4) is 0 Å². The Labute approximate surface area is 131 Å². The molecule has 4 heterocycles. The molecule has 0 N–H and O–H groups in total. The van der Waals surface area contributed by atoms with E-state index in [1.807, 2.05) is 17.7 Å². The van der Waals surface area contributed by atoms with Gasteiger partial charge in [0.05, 0.1) is 24.1 Å². The van der Waals surface area contributed by atoms with Gasteiger partial charge in [-0.1, -0.05) is 0 Å². The van der Waals surface area contributed by atoms with Crippen LogP contribution in [0.5, 0.6) is 0 Å². The number of rotatable bonds is 2. The Hall–Kier alpha value is -3.16. The number of anilines is 1. The van der Waals surface area contributed by atoms with Crippen LogP contribution in [0.25, 0.3) is 5.82 Å². The first-order chi connectivity index (χ1) is 11.1. The fraction of sp³-hybridized carbons (Fsp3) is 0.200. The SMILES string of the molecule is Cn1nccc1-n1cnc2c1CN(c1ccc(=O)n(C)c1)C2=O. The third-order valence-corrected chi connectivity index (χ3v) is 4.05. The molecule has 0 unspecified atom stereocenters. The van der Waals surface area contributed by atoms with Gasteiger partial charge in [-0.25, -0.2) is 4.98 Å². The van der Waals surface area contributed by atoms with Crippen LogP contribution in [0.2, 0.25) is 0 Å². The highest BCUT2D eigenvalue weighted by Gasteiger charge is 2.34. The summed E-state index contributed by atoms with van der Waals surface area (Å²) >= 11 is 0. The number of amides is 1. The molecular weight excluding hydrogens is 296 g/mol. The van der Waals surface area contributed by atoms with Crippen molar-refractivity contribution in [1.29, 1.82) is 0 Å². The number of nitrogens with zero attached hydrogens (tertiary/aromatic N) is 6. The third kappa shape index (κ3) is 1.91. The lowest BCUT2D eigenvalue weighted by Gasteiger charge is -2.17. The first-order valence-electron chi connectivity index (χ1n) is 7.09. The molecule has 0 radical (unpaired) electrons. The Morgan fingerprint density at radius 2 is 1.96 bits per heavy atom. The number of fused-ring (bicyclic) bond motifs is 1. The van der Waals surface area contributed by atoms with Crippen LogP contribution in [0.4, 0.5) is 5.69 Å². The van der Waals surface area contributed by atoms with Crippen molar-refractivity contribution in [3.05, 3.63) is 58.7 Å². The van der Waals surface area contributed by atoms with Crippen LogP contribution in [0.15, 0.2) is 41.7 Å². The van der Waals surface area contributed by atoms with Crippen LogP contribution < -0.4 is 10.5 Å². The quantitative estimate of drug-likeness (QED) is 0.689. The second-order valence-electron chi connectivity index (χ2n) is 5.45. The van der Waals surface area contributed by atoms with E-state index in [0.717, 1.165) is 11.5 Å². The van der Waals surface area contributed by atoms with Gasteiger partial charge in [0, 0.05) is 32.4 Å². The highest BCUT2D eigenvalue weighted by atomic mass is 16.2. The first kappa shape index (κ1) is 13.5. The molecule has 4 rings (SSSR count). The zero-order chi connectivity index (χ0) is 16.1. The lowest BCUT2D eigenvalue weighted by atomic mass is 10.3. The van der Waals surface area contributed by atoms with Crippen LogP contribution in [0.1, 0.15) is 16.2 Å². The summed E-state index contributed by atoms with van der Waals surface area (Å²) in [6.45, 7) is 0.400. The minimum atomic E-state index is -0.167. The molecule has 23 heavy (non-hydrogen) atoms. The predicted molar refractivity (Wildman–Crippen MR) is 82.5 cm³/mol. The fourth-order valence-corrected chi connectivity index (χ4v) is 2.80. The lowest BCUT2D eigenvalue weighted by molar-refractivity contribution is 0.0992. The smallest absolute Gasteiger partial charge is 0.279 e. The van der Waals surface area contributed by atoms with Crippen molar-refractivity contribution in [2.75, 3.05) is 4.90 Å². The highest BCUT2D eigenvalue weighted by Crippen LogP contribution is 2.28. The molecule has 0 bridgehead atoms. The molecule has 1 aliphatic rings. The van der Waals surface area contributed by atoms with Crippen LogP contribution in [0, 0.1) is 0 Å². The van der Waals surface area contributed by atoms with E-state index in [9.17, 15) is 9.59 Å². The zero-order valence-electron chi connectivity index (χ0n) is 12.7. The molecule has 8 nitrogen and oxygen atoms in total. The molecule has 0 aromatic carbocycles. The van der Waals surface area contributed by atoms with E-state index in [1.165, 1.54) is 10.6 Å². The molecule has 0 spiro atoms. The van der Waals surface area contributed by atoms with Gasteiger partial charge in [-0.05, 0) is 6.07 Å². The molecule has 0 aliphatic carbocycles. The van der Waals surface area contributed by atoms with Gasteiger partial charge in [0.2, 0.25) is 5.56 Å². The van der Waals surface area contributed by atoms with Gasteiger partial charge in [-0.3, -0.25) is 23.7 Å². The first-order valence-corrected chi connectivity index (χ1v) is 7.09. The average Bonchev–Trinajstić information content (AvgIpc) is 3.19. The van der Waals surface area contributed by atoms with Gasteiger partial charge in [0.1, 0.15) is 12.1 Å². The van der Waals surface area contributed by atoms with Crippen molar-refractivity contribution in [3.8, 4) is 5.82 Å². The maximum Gasteiger partial charge on any atom is 0.279 e. The van der Waals surface area contributed by atoms with Gasteiger partial charge >= 0.3 is 0 Å². The molecular formula is C15H14N6O2. The Kier molecular flexibility index (Phi) is 2.74. The number of imidazole rings is 1. The van der Waals surface area contributed by atoms with E-state index in [4.69, 9.17) is 0 Å². The van der Waals surface area contributed by atoms with Gasteiger partial charge in [0.15, 0.2) is 5.69 Å². The monoisotopic (exact) mass is 310 g/mol. The van der Waals surface area contributed by atoms with E-state index < -0.39 is 0 Å². The molecule has 3 aromatic rings. The topological polar surface area (TPSA) is 78.0 Å². The molecule has 1 aliphatic heterocycles. The summed E-state index contributed by atoms with van der Waals surface area (Å²) in [4.78, 5) is 30.0. The summed E-state index contributed by atoms with van der Waals surface area (Å²) < 4.78 is 5.04. The van der Waals surface area contributed by atoms with Gasteiger partial charge in [0.25, 0.3) is 5.91 Å². The molecule has 3 aromatic heterocycles. The summed E-state index contributed by atoms with van der Waals surface area (Å²) in [7, 11) is 3.50. The minimum Gasteiger partial charge on any atom is -0.317 e. The van der Waals surface area contributed by atoms with E-state index in [-0.39, 0.29) is 11.5 Å². The molecule has 0 saturated carbocycles. The molecule has 1 amide bonds. The van der Waals surface area contributed by atoms with E-state index >= 15 is 0 Å². The molecule has 0 fully saturated rings. The Morgan fingerprint density at radius 3 is 2.65 bits per heavy atom. The summed E-state index contributed by atoms with van der Waals surface area (Å²) in [6, 6.07) is 4.97. The molecule has 0 saturated heterocycles.